The Kier molecular flexibility index (Phi) is 4.34. The second kappa shape index (κ2) is 5.80. The molecule has 1 heterocycles. The van der Waals surface area contributed by atoms with Gasteiger partial charge in [-0.25, -0.2) is 9.78 Å². The predicted octanol–water partition coefficient (Wildman–Crippen LogP) is 2.12. The van der Waals surface area contributed by atoms with Gasteiger partial charge in [0.1, 0.15) is 5.56 Å². The number of rotatable bonds is 6. The molecule has 1 aromatic heterocycles. The van der Waals surface area contributed by atoms with E-state index in [0.717, 1.165) is 12.8 Å². The molecule has 0 bridgehead atoms. The topological polar surface area (TPSA) is 59.4 Å². The first-order valence-corrected chi connectivity index (χ1v) is 4.67. The summed E-state index contributed by atoms with van der Waals surface area (Å²) >= 11 is 0. The van der Waals surface area contributed by atoms with Crippen LogP contribution in [0.1, 0.15) is 23.2 Å². The van der Waals surface area contributed by atoms with E-state index in [9.17, 15) is 4.79 Å². The third kappa shape index (κ3) is 3.42. The quantitative estimate of drug-likeness (QED) is 0.573. The van der Waals surface area contributed by atoms with Crippen molar-refractivity contribution in [3.05, 3.63) is 36.5 Å². The van der Waals surface area contributed by atoms with Crippen LogP contribution in [0.25, 0.3) is 0 Å². The summed E-state index contributed by atoms with van der Waals surface area (Å²) in [5.74, 6) is -0.851. The summed E-state index contributed by atoms with van der Waals surface area (Å²) in [6, 6.07) is 3.04. The number of carbonyl (C=O) groups is 1. The van der Waals surface area contributed by atoms with E-state index in [-0.39, 0.29) is 11.4 Å². The molecule has 0 radical (unpaired) electrons. The van der Waals surface area contributed by atoms with Gasteiger partial charge in [-0.15, -0.1) is 6.58 Å². The van der Waals surface area contributed by atoms with Crippen LogP contribution in [0.3, 0.4) is 0 Å². The first kappa shape index (κ1) is 11.2. The minimum Gasteiger partial charge on any atom is -0.477 e. The van der Waals surface area contributed by atoms with Crippen LogP contribution in [0.15, 0.2) is 31.0 Å². The summed E-state index contributed by atoms with van der Waals surface area (Å²) < 4.78 is 5.26. The number of hydrogen-bond donors (Lipinski definition) is 1. The number of unbranched alkanes of at least 4 members (excludes halogenated alkanes) is 1. The van der Waals surface area contributed by atoms with Crippen molar-refractivity contribution in [2.75, 3.05) is 6.61 Å². The van der Waals surface area contributed by atoms with Crippen LogP contribution >= 0.6 is 0 Å². The van der Waals surface area contributed by atoms with E-state index in [0.29, 0.717) is 6.61 Å². The Bertz CT molecular complexity index is 349. The molecule has 0 aliphatic heterocycles. The molecule has 1 rings (SSSR count). The van der Waals surface area contributed by atoms with Gasteiger partial charge in [0, 0.05) is 6.20 Å². The maximum absolute atomic E-state index is 10.8. The number of aromatic carboxylic acids is 1. The number of aromatic nitrogens is 1. The third-order valence-electron chi connectivity index (χ3n) is 1.79. The number of nitrogens with zero attached hydrogens (tertiary/aromatic N) is 1. The summed E-state index contributed by atoms with van der Waals surface area (Å²) in [5.41, 5.74) is 0.0936. The molecule has 0 aliphatic rings. The highest BCUT2D eigenvalue weighted by molar-refractivity contribution is 5.90. The molecule has 0 saturated heterocycles. The molecule has 0 aliphatic carbocycles. The lowest BCUT2D eigenvalue weighted by molar-refractivity contribution is 0.0691. The van der Waals surface area contributed by atoms with Gasteiger partial charge in [0.15, 0.2) is 0 Å². The smallest absolute Gasteiger partial charge is 0.341 e. The molecule has 80 valence electrons. The minimum atomic E-state index is -1.03. The molecule has 0 saturated carbocycles. The lowest BCUT2D eigenvalue weighted by Gasteiger charge is -2.06. The zero-order valence-electron chi connectivity index (χ0n) is 8.35. The lowest BCUT2D eigenvalue weighted by atomic mass is 10.3. The van der Waals surface area contributed by atoms with Gasteiger partial charge in [-0.3, -0.25) is 0 Å². The summed E-state index contributed by atoms with van der Waals surface area (Å²) in [5, 5.41) is 8.83. The van der Waals surface area contributed by atoms with Crippen LogP contribution in [-0.4, -0.2) is 22.7 Å². The van der Waals surface area contributed by atoms with Gasteiger partial charge in [-0.05, 0) is 25.0 Å². The highest BCUT2D eigenvalue weighted by Crippen LogP contribution is 2.14. The highest BCUT2D eigenvalue weighted by atomic mass is 16.5. The van der Waals surface area contributed by atoms with Gasteiger partial charge in [0.2, 0.25) is 5.88 Å². The largest absolute Gasteiger partial charge is 0.477 e. The van der Waals surface area contributed by atoms with Crippen molar-refractivity contribution in [1.82, 2.24) is 4.98 Å². The van der Waals surface area contributed by atoms with Gasteiger partial charge < -0.3 is 9.84 Å². The average Bonchev–Trinajstić information content (AvgIpc) is 2.25. The molecule has 0 amide bonds. The normalized spacial score (nSPS) is 9.60. The van der Waals surface area contributed by atoms with E-state index < -0.39 is 5.97 Å². The van der Waals surface area contributed by atoms with Crippen LogP contribution in [0.5, 0.6) is 5.88 Å². The van der Waals surface area contributed by atoms with E-state index in [1.54, 1.807) is 12.1 Å². The Hall–Kier alpha value is -1.84. The Morgan fingerprint density at radius 1 is 1.67 bits per heavy atom. The first-order valence-electron chi connectivity index (χ1n) is 4.67. The summed E-state index contributed by atoms with van der Waals surface area (Å²) in [6.45, 7) is 4.03. The van der Waals surface area contributed by atoms with E-state index in [1.165, 1.54) is 12.3 Å². The maximum atomic E-state index is 10.8. The molecule has 0 fully saturated rings. The summed E-state index contributed by atoms with van der Waals surface area (Å²) in [7, 11) is 0. The molecule has 0 aromatic carbocycles. The predicted molar refractivity (Wildman–Crippen MR) is 56.1 cm³/mol. The van der Waals surface area contributed by atoms with Gasteiger partial charge in [-0.1, -0.05) is 6.08 Å². The second-order valence-corrected chi connectivity index (χ2v) is 2.94. The Morgan fingerprint density at radius 2 is 2.47 bits per heavy atom. The van der Waals surface area contributed by atoms with Crippen LogP contribution < -0.4 is 4.74 Å². The van der Waals surface area contributed by atoms with Crippen molar-refractivity contribution >= 4 is 5.97 Å². The molecule has 15 heavy (non-hydrogen) atoms. The zero-order chi connectivity index (χ0) is 11.1. The number of allylic oxidation sites excluding steroid dienone is 1. The fraction of sp³-hybridized carbons (Fsp3) is 0.273. The number of pyridine rings is 1. The molecule has 0 atom stereocenters. The second-order valence-electron chi connectivity index (χ2n) is 2.94. The number of carboxylic acid groups (broad SMARTS) is 1. The first-order chi connectivity index (χ1) is 7.25. The molecule has 0 unspecified atom stereocenters. The highest BCUT2D eigenvalue weighted by Gasteiger charge is 2.10. The van der Waals surface area contributed by atoms with Crippen molar-refractivity contribution in [2.45, 2.75) is 12.8 Å². The van der Waals surface area contributed by atoms with Crippen LogP contribution in [-0.2, 0) is 0 Å². The Balaban J connectivity index is 2.59. The molecular formula is C11H13NO3. The van der Waals surface area contributed by atoms with Crippen LogP contribution in [0.2, 0.25) is 0 Å². The summed E-state index contributed by atoms with van der Waals surface area (Å²) in [4.78, 5) is 14.6. The molecule has 4 nitrogen and oxygen atoms in total. The average molecular weight is 207 g/mol. The maximum Gasteiger partial charge on any atom is 0.341 e. The van der Waals surface area contributed by atoms with E-state index in [2.05, 4.69) is 11.6 Å². The van der Waals surface area contributed by atoms with Crippen molar-refractivity contribution in [3.63, 3.8) is 0 Å². The van der Waals surface area contributed by atoms with Crippen LogP contribution in [0.4, 0.5) is 0 Å². The molecule has 1 aromatic rings. The number of carboxylic acids is 1. The standard InChI is InChI=1S/C11H13NO3/c1-2-3-4-8-15-10-9(11(13)14)6-5-7-12-10/h2,5-7H,1,3-4,8H2,(H,13,14). The van der Waals surface area contributed by atoms with Crippen molar-refractivity contribution in [2.24, 2.45) is 0 Å². The molecule has 0 spiro atoms. The SMILES string of the molecule is C=CCCCOc1ncccc1C(=O)O. The molecular weight excluding hydrogens is 194 g/mol. The fourth-order valence-electron chi connectivity index (χ4n) is 1.07. The number of hydrogen-bond acceptors (Lipinski definition) is 3. The van der Waals surface area contributed by atoms with Gasteiger partial charge in [-0.2, -0.15) is 0 Å². The van der Waals surface area contributed by atoms with Crippen molar-refractivity contribution < 1.29 is 14.6 Å². The number of ether oxygens (including phenoxy) is 1. The van der Waals surface area contributed by atoms with Gasteiger partial charge in [0.05, 0.1) is 6.61 Å². The van der Waals surface area contributed by atoms with E-state index in [1.807, 2.05) is 0 Å². The van der Waals surface area contributed by atoms with E-state index in [4.69, 9.17) is 9.84 Å². The van der Waals surface area contributed by atoms with Gasteiger partial charge in [0.25, 0.3) is 0 Å². The third-order valence-corrected chi connectivity index (χ3v) is 1.79. The minimum absolute atomic E-state index is 0.0936. The van der Waals surface area contributed by atoms with E-state index >= 15 is 0 Å². The molecule has 4 heteroatoms. The zero-order valence-corrected chi connectivity index (χ0v) is 8.35. The lowest BCUT2D eigenvalue weighted by Crippen LogP contribution is -2.05. The fourth-order valence-corrected chi connectivity index (χ4v) is 1.07. The van der Waals surface area contributed by atoms with Crippen molar-refractivity contribution in [1.29, 1.82) is 0 Å². The van der Waals surface area contributed by atoms with Crippen molar-refractivity contribution in [3.8, 4) is 5.88 Å². The molecule has 1 N–H and O–H groups in total. The summed E-state index contributed by atoms with van der Waals surface area (Å²) in [6.07, 6.45) is 4.95. The van der Waals surface area contributed by atoms with Gasteiger partial charge >= 0.3 is 5.97 Å². The van der Waals surface area contributed by atoms with Crippen LogP contribution in [0, 0.1) is 0 Å². The Labute approximate surface area is 88.2 Å². The monoisotopic (exact) mass is 207 g/mol. The Morgan fingerprint density at radius 3 is 3.13 bits per heavy atom.